The summed E-state index contributed by atoms with van der Waals surface area (Å²) < 4.78 is 7.12. The van der Waals surface area contributed by atoms with Crippen LogP contribution >= 0.6 is 0 Å². The molecule has 1 N–H and O–H groups in total. The molecule has 1 aromatic heterocycles. The van der Waals surface area contributed by atoms with Crippen molar-refractivity contribution in [3.8, 4) is 17.6 Å². The fourth-order valence-corrected chi connectivity index (χ4v) is 1.82. The first-order valence-corrected chi connectivity index (χ1v) is 5.99. The molecule has 0 saturated heterocycles. The van der Waals surface area contributed by atoms with Crippen LogP contribution in [0.15, 0.2) is 30.5 Å². The lowest BCUT2D eigenvalue weighted by atomic mass is 10.1. The van der Waals surface area contributed by atoms with E-state index in [4.69, 9.17) is 9.84 Å². The lowest BCUT2D eigenvalue weighted by Gasteiger charge is -2.07. The van der Waals surface area contributed by atoms with Gasteiger partial charge in [-0.05, 0) is 30.7 Å². The number of ether oxygens (including phenoxy) is 1. The van der Waals surface area contributed by atoms with E-state index in [9.17, 15) is 0 Å². The van der Waals surface area contributed by atoms with Crippen LogP contribution in [0.1, 0.15) is 16.8 Å². The van der Waals surface area contributed by atoms with Gasteiger partial charge >= 0.3 is 0 Å². The summed E-state index contributed by atoms with van der Waals surface area (Å²) in [5.74, 6) is 6.24. The Kier molecular flexibility index (Phi) is 4.22. The molecule has 1 aromatic carbocycles. The Morgan fingerprint density at radius 2 is 2.21 bits per heavy atom. The van der Waals surface area contributed by atoms with Gasteiger partial charge in [0.15, 0.2) is 0 Å². The van der Waals surface area contributed by atoms with E-state index in [1.807, 2.05) is 42.1 Å². The van der Waals surface area contributed by atoms with Gasteiger partial charge in [-0.25, -0.2) is 0 Å². The van der Waals surface area contributed by atoms with Crippen LogP contribution < -0.4 is 4.74 Å². The molecule has 2 aromatic rings. The lowest BCUT2D eigenvalue weighted by Crippen LogP contribution is -2.01. The number of rotatable bonds is 3. The number of aliphatic hydroxyl groups excluding tert-OH is 1. The van der Waals surface area contributed by atoms with Crippen molar-refractivity contribution in [3.05, 3.63) is 47.3 Å². The number of methoxy groups -OCH3 is 1. The summed E-state index contributed by atoms with van der Waals surface area (Å²) in [6.45, 7) is 2.49. The highest BCUT2D eigenvalue weighted by Crippen LogP contribution is 2.19. The standard InChI is InChI=1S/C15H16N2O2/c1-12-7-8-17(16-12)11-13-5-6-15(19-2)14(10-13)4-3-9-18/h5-8,10,18H,9,11H2,1-2H3. The van der Waals surface area contributed by atoms with Crippen molar-refractivity contribution in [2.75, 3.05) is 13.7 Å². The zero-order chi connectivity index (χ0) is 13.7. The zero-order valence-corrected chi connectivity index (χ0v) is 11.1. The minimum atomic E-state index is -0.161. The molecule has 0 atom stereocenters. The number of hydrogen-bond donors (Lipinski definition) is 1. The van der Waals surface area contributed by atoms with Gasteiger partial charge in [0.2, 0.25) is 0 Å². The molecule has 0 saturated carbocycles. The first kappa shape index (κ1) is 13.2. The second-order valence-corrected chi connectivity index (χ2v) is 4.15. The smallest absolute Gasteiger partial charge is 0.134 e. The SMILES string of the molecule is COc1ccc(Cn2ccc(C)n2)cc1C#CCO. The molecule has 1 heterocycles. The molecule has 0 aliphatic rings. The number of aliphatic hydroxyl groups is 1. The van der Waals surface area contributed by atoms with Crippen molar-refractivity contribution in [2.45, 2.75) is 13.5 Å². The monoisotopic (exact) mass is 256 g/mol. The third kappa shape index (κ3) is 3.36. The van der Waals surface area contributed by atoms with Crippen molar-refractivity contribution in [1.82, 2.24) is 9.78 Å². The van der Waals surface area contributed by atoms with E-state index in [0.717, 1.165) is 16.8 Å². The Morgan fingerprint density at radius 3 is 2.84 bits per heavy atom. The van der Waals surface area contributed by atoms with Crippen molar-refractivity contribution < 1.29 is 9.84 Å². The Hall–Kier alpha value is -2.25. The number of benzene rings is 1. The highest BCUT2D eigenvalue weighted by Gasteiger charge is 2.03. The van der Waals surface area contributed by atoms with Gasteiger partial charge in [0, 0.05) is 6.20 Å². The highest BCUT2D eigenvalue weighted by molar-refractivity contribution is 5.48. The third-order valence-corrected chi connectivity index (χ3v) is 2.68. The van der Waals surface area contributed by atoms with Gasteiger partial charge in [0.05, 0.1) is 24.9 Å². The lowest BCUT2D eigenvalue weighted by molar-refractivity contribution is 0.350. The molecule has 4 nitrogen and oxygen atoms in total. The summed E-state index contributed by atoms with van der Waals surface area (Å²) in [4.78, 5) is 0. The summed E-state index contributed by atoms with van der Waals surface area (Å²) in [5.41, 5.74) is 2.86. The van der Waals surface area contributed by atoms with Crippen LogP contribution in [0.4, 0.5) is 0 Å². The number of aryl methyl sites for hydroxylation is 1. The van der Waals surface area contributed by atoms with Gasteiger partial charge in [0.25, 0.3) is 0 Å². The second-order valence-electron chi connectivity index (χ2n) is 4.15. The predicted octanol–water partition coefficient (Wildman–Crippen LogP) is 1.59. The normalized spacial score (nSPS) is 9.84. The van der Waals surface area contributed by atoms with E-state index >= 15 is 0 Å². The molecule has 98 valence electrons. The van der Waals surface area contributed by atoms with Gasteiger partial charge in [-0.3, -0.25) is 4.68 Å². The highest BCUT2D eigenvalue weighted by atomic mass is 16.5. The molecular weight excluding hydrogens is 240 g/mol. The van der Waals surface area contributed by atoms with Crippen LogP contribution in [0.2, 0.25) is 0 Å². The average molecular weight is 256 g/mol. The Balaban J connectivity index is 2.27. The van der Waals surface area contributed by atoms with Crippen LogP contribution in [-0.4, -0.2) is 28.6 Å². The number of aromatic nitrogens is 2. The quantitative estimate of drug-likeness (QED) is 0.848. The molecule has 0 aliphatic carbocycles. The van der Waals surface area contributed by atoms with E-state index in [2.05, 4.69) is 16.9 Å². The van der Waals surface area contributed by atoms with Gasteiger partial charge in [-0.1, -0.05) is 17.9 Å². The van der Waals surface area contributed by atoms with Crippen LogP contribution in [0.25, 0.3) is 0 Å². The molecule has 0 fully saturated rings. The Labute approximate surface area is 112 Å². The van der Waals surface area contributed by atoms with Crippen molar-refractivity contribution >= 4 is 0 Å². The molecule has 0 radical (unpaired) electrons. The summed E-state index contributed by atoms with van der Waals surface area (Å²) in [6.07, 6.45) is 1.94. The summed E-state index contributed by atoms with van der Waals surface area (Å²) in [5, 5.41) is 13.1. The molecule has 0 aliphatic heterocycles. The number of nitrogens with zero attached hydrogens (tertiary/aromatic N) is 2. The minimum absolute atomic E-state index is 0.161. The molecule has 4 heteroatoms. The van der Waals surface area contributed by atoms with E-state index < -0.39 is 0 Å². The fourth-order valence-electron chi connectivity index (χ4n) is 1.82. The Bertz CT molecular complexity index is 621. The van der Waals surface area contributed by atoms with Gasteiger partial charge in [0.1, 0.15) is 12.4 Å². The molecular formula is C15H16N2O2. The molecule has 19 heavy (non-hydrogen) atoms. The summed E-state index contributed by atoms with van der Waals surface area (Å²) in [6, 6.07) is 7.79. The first-order chi connectivity index (χ1) is 9.22. The maximum absolute atomic E-state index is 8.77. The topological polar surface area (TPSA) is 47.3 Å². The maximum atomic E-state index is 8.77. The first-order valence-electron chi connectivity index (χ1n) is 5.99. The molecule has 0 bridgehead atoms. The van der Waals surface area contributed by atoms with Crippen LogP contribution in [-0.2, 0) is 6.54 Å². The van der Waals surface area contributed by atoms with E-state index in [1.165, 1.54) is 0 Å². The van der Waals surface area contributed by atoms with Crippen LogP contribution in [0, 0.1) is 18.8 Å². The van der Waals surface area contributed by atoms with Gasteiger partial charge in [-0.2, -0.15) is 5.10 Å². The van der Waals surface area contributed by atoms with Crippen LogP contribution in [0.5, 0.6) is 5.75 Å². The average Bonchev–Trinajstić information content (AvgIpc) is 2.82. The van der Waals surface area contributed by atoms with Crippen LogP contribution in [0.3, 0.4) is 0 Å². The third-order valence-electron chi connectivity index (χ3n) is 2.68. The van der Waals surface area contributed by atoms with Crippen molar-refractivity contribution in [2.24, 2.45) is 0 Å². The van der Waals surface area contributed by atoms with Gasteiger partial charge in [-0.15, -0.1) is 0 Å². The maximum Gasteiger partial charge on any atom is 0.134 e. The summed E-state index contributed by atoms with van der Waals surface area (Å²) in [7, 11) is 1.61. The molecule has 0 unspecified atom stereocenters. The van der Waals surface area contributed by atoms with Crippen molar-refractivity contribution in [1.29, 1.82) is 0 Å². The number of hydrogen-bond acceptors (Lipinski definition) is 3. The van der Waals surface area contributed by atoms with Gasteiger partial charge < -0.3 is 9.84 Å². The Morgan fingerprint density at radius 1 is 1.37 bits per heavy atom. The largest absolute Gasteiger partial charge is 0.495 e. The predicted molar refractivity (Wildman–Crippen MR) is 73.0 cm³/mol. The van der Waals surface area contributed by atoms with E-state index in [0.29, 0.717) is 12.3 Å². The van der Waals surface area contributed by atoms with E-state index in [1.54, 1.807) is 7.11 Å². The summed E-state index contributed by atoms with van der Waals surface area (Å²) >= 11 is 0. The molecule has 0 amide bonds. The molecule has 0 spiro atoms. The zero-order valence-electron chi connectivity index (χ0n) is 11.1. The molecule has 2 rings (SSSR count). The van der Waals surface area contributed by atoms with Crippen molar-refractivity contribution in [3.63, 3.8) is 0 Å². The second kappa shape index (κ2) is 6.07. The van der Waals surface area contributed by atoms with E-state index in [-0.39, 0.29) is 6.61 Å². The minimum Gasteiger partial charge on any atom is -0.495 e. The fraction of sp³-hybridized carbons (Fsp3) is 0.267.